The topological polar surface area (TPSA) is 40.9 Å². The van der Waals surface area contributed by atoms with Crippen LogP contribution in [0, 0.1) is 30.6 Å². The first kappa shape index (κ1) is 14.9. The predicted octanol–water partition coefficient (Wildman–Crippen LogP) is 3.74. The third kappa shape index (κ3) is 4.27. The van der Waals surface area contributed by atoms with Crippen LogP contribution in [-0.4, -0.2) is 9.96 Å². The molecule has 0 N–H and O–H groups in total. The van der Waals surface area contributed by atoms with Crippen molar-refractivity contribution in [2.45, 2.75) is 45.4 Å². The molecule has 1 unspecified atom stereocenters. The summed E-state index contributed by atoms with van der Waals surface area (Å²) in [6, 6.07) is 8.29. The Labute approximate surface area is 112 Å². The molecule has 0 amide bonds. The summed E-state index contributed by atoms with van der Waals surface area (Å²) in [4.78, 5) is 0.926. The summed E-state index contributed by atoms with van der Waals surface area (Å²) in [5.74, 6) is 0.634. The molecule has 0 radical (unpaired) electrons. The van der Waals surface area contributed by atoms with Crippen molar-refractivity contribution in [2.24, 2.45) is 5.41 Å². The lowest BCUT2D eigenvalue weighted by Gasteiger charge is -2.14. The van der Waals surface area contributed by atoms with E-state index in [0.29, 0.717) is 5.75 Å². The van der Waals surface area contributed by atoms with E-state index in [-0.39, 0.29) is 5.41 Å². The molecule has 0 bridgehead atoms. The SMILES string of the molecule is Cc1ccc(S(=O)CCCC(C)(C)C#N)c(C)c1. The normalized spacial score (nSPS) is 13.1. The number of hydrogen-bond acceptors (Lipinski definition) is 2. The van der Waals surface area contributed by atoms with Crippen LogP contribution in [0.25, 0.3) is 0 Å². The monoisotopic (exact) mass is 263 g/mol. The second-order valence-electron chi connectivity index (χ2n) is 5.42. The van der Waals surface area contributed by atoms with E-state index in [1.54, 1.807) is 0 Å². The molecule has 0 aliphatic rings. The number of nitrogens with zero attached hydrogens (tertiary/aromatic N) is 1. The quantitative estimate of drug-likeness (QED) is 0.812. The van der Waals surface area contributed by atoms with Crippen LogP contribution in [0.5, 0.6) is 0 Å². The molecule has 1 aromatic carbocycles. The second kappa shape index (κ2) is 6.15. The number of aryl methyl sites for hydroxylation is 2. The van der Waals surface area contributed by atoms with E-state index >= 15 is 0 Å². The van der Waals surface area contributed by atoms with E-state index < -0.39 is 10.8 Å². The zero-order valence-electron chi connectivity index (χ0n) is 11.6. The van der Waals surface area contributed by atoms with Gasteiger partial charge in [0.15, 0.2) is 0 Å². The van der Waals surface area contributed by atoms with Gasteiger partial charge in [0.1, 0.15) is 0 Å². The van der Waals surface area contributed by atoms with Crippen LogP contribution in [0.3, 0.4) is 0 Å². The van der Waals surface area contributed by atoms with Crippen molar-refractivity contribution in [3.05, 3.63) is 29.3 Å². The lowest BCUT2D eigenvalue weighted by atomic mass is 9.90. The maximum atomic E-state index is 12.2. The Kier molecular flexibility index (Phi) is 5.10. The van der Waals surface area contributed by atoms with Crippen LogP contribution < -0.4 is 0 Å². The Morgan fingerprint density at radius 3 is 2.56 bits per heavy atom. The molecule has 0 saturated heterocycles. The third-order valence-electron chi connectivity index (χ3n) is 3.01. The van der Waals surface area contributed by atoms with Gasteiger partial charge in [-0.15, -0.1) is 0 Å². The molecule has 18 heavy (non-hydrogen) atoms. The number of rotatable bonds is 5. The van der Waals surface area contributed by atoms with Gasteiger partial charge < -0.3 is 0 Å². The van der Waals surface area contributed by atoms with Crippen molar-refractivity contribution in [1.29, 1.82) is 5.26 Å². The highest BCUT2D eigenvalue weighted by Crippen LogP contribution is 2.22. The highest BCUT2D eigenvalue weighted by Gasteiger charge is 2.17. The smallest absolute Gasteiger partial charge is 0.0683 e. The van der Waals surface area contributed by atoms with E-state index in [9.17, 15) is 4.21 Å². The van der Waals surface area contributed by atoms with Crippen molar-refractivity contribution in [3.8, 4) is 6.07 Å². The molecule has 0 spiro atoms. The molecule has 0 aliphatic heterocycles. The predicted molar refractivity (Wildman–Crippen MR) is 75.8 cm³/mol. The zero-order chi connectivity index (χ0) is 13.8. The van der Waals surface area contributed by atoms with Gasteiger partial charge in [0, 0.05) is 10.6 Å². The Morgan fingerprint density at radius 1 is 1.33 bits per heavy atom. The van der Waals surface area contributed by atoms with Crippen LogP contribution in [0.4, 0.5) is 0 Å². The lowest BCUT2D eigenvalue weighted by molar-refractivity contribution is 0.447. The van der Waals surface area contributed by atoms with Crippen molar-refractivity contribution in [2.75, 3.05) is 5.75 Å². The van der Waals surface area contributed by atoms with Crippen LogP contribution >= 0.6 is 0 Å². The fraction of sp³-hybridized carbons (Fsp3) is 0.533. The Balaban J connectivity index is 2.59. The number of hydrogen-bond donors (Lipinski definition) is 0. The van der Waals surface area contributed by atoms with E-state index in [1.807, 2.05) is 39.8 Å². The van der Waals surface area contributed by atoms with Crippen LogP contribution in [0.15, 0.2) is 23.1 Å². The molecule has 98 valence electrons. The molecule has 0 heterocycles. The van der Waals surface area contributed by atoms with E-state index in [0.717, 1.165) is 23.3 Å². The minimum atomic E-state index is -0.949. The fourth-order valence-corrected chi connectivity index (χ4v) is 3.13. The van der Waals surface area contributed by atoms with Crippen molar-refractivity contribution in [3.63, 3.8) is 0 Å². The molecule has 1 rings (SSSR count). The largest absolute Gasteiger partial charge is 0.254 e. The van der Waals surface area contributed by atoms with Crippen LogP contribution in [0.1, 0.15) is 37.8 Å². The van der Waals surface area contributed by atoms with Gasteiger partial charge in [-0.2, -0.15) is 5.26 Å². The average molecular weight is 263 g/mol. The average Bonchev–Trinajstić information content (AvgIpc) is 2.28. The first-order valence-corrected chi connectivity index (χ1v) is 7.54. The van der Waals surface area contributed by atoms with Gasteiger partial charge in [0.25, 0.3) is 0 Å². The summed E-state index contributed by atoms with van der Waals surface area (Å²) in [5.41, 5.74) is 1.97. The number of nitriles is 1. The molecule has 3 heteroatoms. The van der Waals surface area contributed by atoms with Gasteiger partial charge in [-0.3, -0.25) is 4.21 Å². The van der Waals surface area contributed by atoms with Gasteiger partial charge in [-0.25, -0.2) is 0 Å². The third-order valence-corrected chi connectivity index (χ3v) is 4.62. The van der Waals surface area contributed by atoms with Crippen molar-refractivity contribution >= 4 is 10.8 Å². The van der Waals surface area contributed by atoms with Crippen molar-refractivity contribution in [1.82, 2.24) is 0 Å². The molecular formula is C15H21NOS. The first-order valence-electron chi connectivity index (χ1n) is 6.22. The highest BCUT2D eigenvalue weighted by molar-refractivity contribution is 7.85. The summed E-state index contributed by atoms with van der Waals surface area (Å²) in [6.07, 6.45) is 1.61. The summed E-state index contributed by atoms with van der Waals surface area (Å²) < 4.78 is 12.2. The molecular weight excluding hydrogens is 242 g/mol. The maximum Gasteiger partial charge on any atom is 0.0683 e. The molecule has 2 nitrogen and oxygen atoms in total. The molecule has 0 aromatic heterocycles. The van der Waals surface area contributed by atoms with Gasteiger partial charge in [0.05, 0.1) is 22.3 Å². The Morgan fingerprint density at radius 2 is 2.00 bits per heavy atom. The minimum absolute atomic E-state index is 0.313. The highest BCUT2D eigenvalue weighted by atomic mass is 32.2. The van der Waals surface area contributed by atoms with Gasteiger partial charge in [0.2, 0.25) is 0 Å². The van der Waals surface area contributed by atoms with E-state index in [1.165, 1.54) is 5.56 Å². The van der Waals surface area contributed by atoms with E-state index in [2.05, 4.69) is 12.1 Å². The summed E-state index contributed by atoms with van der Waals surface area (Å²) in [7, 11) is -0.949. The molecule has 1 aromatic rings. The first-order chi connectivity index (χ1) is 8.35. The Bertz CT molecular complexity index is 486. The molecule has 0 aliphatic carbocycles. The standard InChI is InChI=1S/C15H21NOS/c1-12-6-7-14(13(2)10-12)18(17)9-5-8-15(3,4)11-16/h6-7,10H,5,8-9H2,1-4H3. The van der Waals surface area contributed by atoms with E-state index in [4.69, 9.17) is 5.26 Å². The lowest BCUT2D eigenvalue weighted by Crippen LogP contribution is -2.10. The minimum Gasteiger partial charge on any atom is -0.254 e. The zero-order valence-corrected chi connectivity index (χ0v) is 12.4. The molecule has 1 atom stereocenters. The summed E-state index contributed by atoms with van der Waals surface area (Å²) >= 11 is 0. The van der Waals surface area contributed by atoms with Gasteiger partial charge >= 0.3 is 0 Å². The fourth-order valence-electron chi connectivity index (χ4n) is 1.87. The van der Waals surface area contributed by atoms with Gasteiger partial charge in [-0.05, 0) is 52.2 Å². The second-order valence-corrected chi connectivity index (χ2v) is 6.96. The van der Waals surface area contributed by atoms with Crippen molar-refractivity contribution < 1.29 is 4.21 Å². The van der Waals surface area contributed by atoms with Gasteiger partial charge in [-0.1, -0.05) is 17.7 Å². The number of benzene rings is 1. The summed E-state index contributed by atoms with van der Waals surface area (Å²) in [5, 5.41) is 8.93. The summed E-state index contributed by atoms with van der Waals surface area (Å²) in [6.45, 7) is 7.88. The van der Waals surface area contributed by atoms with Crippen LogP contribution in [-0.2, 0) is 10.8 Å². The Hall–Kier alpha value is -1.14. The van der Waals surface area contributed by atoms with Crippen LogP contribution in [0.2, 0.25) is 0 Å². The maximum absolute atomic E-state index is 12.2. The molecule has 0 saturated carbocycles. The molecule has 0 fully saturated rings.